The van der Waals surface area contributed by atoms with Gasteiger partial charge in [0, 0.05) is 17.9 Å². The van der Waals surface area contributed by atoms with Crippen molar-refractivity contribution in [3.8, 4) is 0 Å². The normalized spacial score (nSPS) is 17.9. The maximum Gasteiger partial charge on any atom is 0.271 e. The van der Waals surface area contributed by atoms with E-state index in [4.69, 9.17) is 0 Å². The van der Waals surface area contributed by atoms with Crippen molar-refractivity contribution in [2.45, 2.75) is 32.1 Å². The summed E-state index contributed by atoms with van der Waals surface area (Å²) in [5, 5.41) is 9.82. The predicted molar refractivity (Wildman–Crippen MR) is 76.5 cm³/mol. The number of H-pyrrole nitrogens is 1. The fourth-order valence-electron chi connectivity index (χ4n) is 2.49. The number of rotatable bonds is 4. The van der Waals surface area contributed by atoms with Crippen LogP contribution in [0.5, 0.6) is 0 Å². The Morgan fingerprint density at radius 3 is 2.68 bits per heavy atom. The lowest BCUT2D eigenvalue weighted by atomic mass is 9.75. The van der Waals surface area contributed by atoms with Crippen molar-refractivity contribution in [3.63, 3.8) is 0 Å². The molecule has 1 aliphatic rings. The van der Waals surface area contributed by atoms with Crippen LogP contribution in [0.1, 0.15) is 42.6 Å². The molecule has 1 saturated carbocycles. The third-order valence-corrected chi connectivity index (χ3v) is 4.92. The summed E-state index contributed by atoms with van der Waals surface area (Å²) in [6.07, 6.45) is 6.00. The number of hydrogen-bond donors (Lipinski definition) is 2. The highest BCUT2D eigenvalue weighted by Gasteiger charge is 2.31. The van der Waals surface area contributed by atoms with Crippen LogP contribution in [0, 0.1) is 5.41 Å². The highest BCUT2D eigenvalue weighted by Crippen LogP contribution is 2.37. The maximum atomic E-state index is 11.9. The quantitative estimate of drug-likeness (QED) is 0.828. The number of amides is 1. The third kappa shape index (κ3) is 3.65. The minimum absolute atomic E-state index is 0.163. The topological polar surface area (TPSA) is 74.8 Å². The van der Waals surface area contributed by atoms with E-state index in [1.165, 1.54) is 31.4 Å². The molecule has 0 radical (unpaired) electrons. The van der Waals surface area contributed by atoms with Crippen LogP contribution in [0.2, 0.25) is 0 Å². The van der Waals surface area contributed by atoms with Gasteiger partial charge in [0.05, 0.1) is 0 Å². The Bertz CT molecular complexity index is 474. The van der Waals surface area contributed by atoms with Gasteiger partial charge in [0.15, 0.2) is 0 Å². The van der Waals surface area contributed by atoms with Gasteiger partial charge in [0.2, 0.25) is 0 Å². The monoisotopic (exact) mass is 327 g/mol. The molecule has 0 saturated heterocycles. The minimum atomic E-state index is -0.305. The molecule has 2 N–H and O–H groups in total. The van der Waals surface area contributed by atoms with E-state index in [0.717, 1.165) is 18.2 Å². The fourth-order valence-corrected chi connectivity index (χ4v) is 3.25. The molecule has 6 heteroatoms. The van der Waals surface area contributed by atoms with E-state index in [-0.39, 0.29) is 22.6 Å². The van der Waals surface area contributed by atoms with Crippen LogP contribution in [0.4, 0.5) is 0 Å². The molecule has 5 nitrogen and oxygen atoms in total. The molecule has 2 rings (SSSR count). The molecule has 1 aromatic heterocycles. The van der Waals surface area contributed by atoms with E-state index in [2.05, 4.69) is 31.4 Å². The number of aromatic amines is 1. The fraction of sp³-hybridized carbons (Fsp3) is 0.615. The Labute approximate surface area is 120 Å². The van der Waals surface area contributed by atoms with E-state index in [9.17, 15) is 9.59 Å². The van der Waals surface area contributed by atoms with Gasteiger partial charge in [-0.2, -0.15) is 5.10 Å². The Morgan fingerprint density at radius 2 is 2.11 bits per heavy atom. The molecular weight excluding hydrogens is 310 g/mol. The molecule has 0 aromatic carbocycles. The molecule has 0 unspecified atom stereocenters. The number of carbonyl (C=O) groups excluding carboxylic acids is 1. The molecule has 1 aliphatic carbocycles. The largest absolute Gasteiger partial charge is 0.350 e. The molecule has 0 aliphatic heterocycles. The van der Waals surface area contributed by atoms with Gasteiger partial charge in [-0.1, -0.05) is 35.2 Å². The number of carbonyl (C=O) groups is 1. The lowest BCUT2D eigenvalue weighted by molar-refractivity contribution is 0.0916. The van der Waals surface area contributed by atoms with Gasteiger partial charge in [0.25, 0.3) is 11.5 Å². The summed E-state index contributed by atoms with van der Waals surface area (Å²) in [7, 11) is 0. The number of aromatic nitrogens is 2. The number of alkyl halides is 1. The third-order valence-electron chi connectivity index (χ3n) is 3.73. The maximum absolute atomic E-state index is 11.9. The SMILES string of the molecule is O=C(NCC1(CBr)CCCCC1)c1ccc(=O)[nH]n1. The summed E-state index contributed by atoms with van der Waals surface area (Å²) >= 11 is 3.57. The molecule has 0 spiro atoms. The molecule has 104 valence electrons. The second-order valence-electron chi connectivity index (χ2n) is 5.18. The number of hydrogen-bond acceptors (Lipinski definition) is 3. The van der Waals surface area contributed by atoms with Crippen LogP contribution in [0.15, 0.2) is 16.9 Å². The summed E-state index contributed by atoms with van der Waals surface area (Å²) in [5.74, 6) is -0.234. The predicted octanol–water partition coefficient (Wildman–Crippen LogP) is 1.85. The summed E-state index contributed by atoms with van der Waals surface area (Å²) in [4.78, 5) is 22.8. The molecule has 19 heavy (non-hydrogen) atoms. The van der Waals surface area contributed by atoms with Crippen molar-refractivity contribution in [1.29, 1.82) is 0 Å². The van der Waals surface area contributed by atoms with Crippen LogP contribution in [0.25, 0.3) is 0 Å². The first-order chi connectivity index (χ1) is 9.15. The van der Waals surface area contributed by atoms with Crippen LogP contribution in [-0.2, 0) is 0 Å². The van der Waals surface area contributed by atoms with Crippen LogP contribution in [-0.4, -0.2) is 28.0 Å². The van der Waals surface area contributed by atoms with Gasteiger partial charge in [0.1, 0.15) is 5.69 Å². The first-order valence-corrected chi connectivity index (χ1v) is 7.67. The van der Waals surface area contributed by atoms with Crippen LogP contribution >= 0.6 is 15.9 Å². The van der Waals surface area contributed by atoms with Gasteiger partial charge >= 0.3 is 0 Å². The van der Waals surface area contributed by atoms with Crippen molar-refractivity contribution in [1.82, 2.24) is 15.5 Å². The average molecular weight is 328 g/mol. The Balaban J connectivity index is 1.95. The summed E-state index contributed by atoms with van der Waals surface area (Å²) in [5.41, 5.74) is 0.108. The summed E-state index contributed by atoms with van der Waals surface area (Å²) in [6.45, 7) is 0.651. The zero-order valence-corrected chi connectivity index (χ0v) is 12.3. The standard InChI is InChI=1S/C13H18BrN3O2/c14-8-13(6-2-1-3-7-13)9-15-12(19)10-4-5-11(18)17-16-10/h4-5H,1-3,6-9H2,(H,15,19)(H,17,18). The van der Waals surface area contributed by atoms with Crippen LogP contribution in [0.3, 0.4) is 0 Å². The number of halogens is 1. The van der Waals surface area contributed by atoms with Gasteiger partial charge in [-0.25, -0.2) is 5.10 Å². The molecule has 1 fully saturated rings. The molecule has 0 atom stereocenters. The van der Waals surface area contributed by atoms with Crippen molar-refractivity contribution >= 4 is 21.8 Å². The summed E-state index contributed by atoms with van der Waals surface area (Å²) in [6, 6.07) is 2.75. The highest BCUT2D eigenvalue weighted by molar-refractivity contribution is 9.09. The van der Waals surface area contributed by atoms with Gasteiger partial charge < -0.3 is 5.32 Å². The number of nitrogens with zero attached hydrogens (tertiary/aromatic N) is 1. The zero-order chi connectivity index (χ0) is 13.7. The van der Waals surface area contributed by atoms with Crippen molar-refractivity contribution in [2.24, 2.45) is 5.41 Å². The lowest BCUT2D eigenvalue weighted by Crippen LogP contribution is -2.40. The highest BCUT2D eigenvalue weighted by atomic mass is 79.9. The first kappa shape index (κ1) is 14.2. The second kappa shape index (κ2) is 6.32. The molecule has 1 aromatic rings. The Morgan fingerprint density at radius 1 is 1.37 bits per heavy atom. The Kier molecular flexibility index (Phi) is 4.74. The lowest BCUT2D eigenvalue weighted by Gasteiger charge is -2.35. The Hall–Kier alpha value is -1.17. The first-order valence-electron chi connectivity index (χ1n) is 6.55. The molecule has 0 bridgehead atoms. The second-order valence-corrected chi connectivity index (χ2v) is 5.74. The van der Waals surface area contributed by atoms with Crippen molar-refractivity contribution < 1.29 is 4.79 Å². The van der Waals surface area contributed by atoms with Crippen molar-refractivity contribution in [2.75, 3.05) is 11.9 Å². The van der Waals surface area contributed by atoms with E-state index < -0.39 is 0 Å². The van der Waals surface area contributed by atoms with Crippen molar-refractivity contribution in [3.05, 3.63) is 28.2 Å². The summed E-state index contributed by atoms with van der Waals surface area (Å²) < 4.78 is 0. The smallest absolute Gasteiger partial charge is 0.271 e. The van der Waals surface area contributed by atoms with E-state index in [0.29, 0.717) is 6.54 Å². The van der Waals surface area contributed by atoms with E-state index in [1.54, 1.807) is 0 Å². The van der Waals surface area contributed by atoms with Gasteiger partial charge in [-0.05, 0) is 24.3 Å². The zero-order valence-electron chi connectivity index (χ0n) is 10.7. The molecule has 1 amide bonds. The minimum Gasteiger partial charge on any atom is -0.350 e. The van der Waals surface area contributed by atoms with E-state index >= 15 is 0 Å². The number of nitrogens with one attached hydrogen (secondary N) is 2. The van der Waals surface area contributed by atoms with Gasteiger partial charge in [-0.3, -0.25) is 9.59 Å². The van der Waals surface area contributed by atoms with E-state index in [1.807, 2.05) is 0 Å². The molecular formula is C13H18BrN3O2. The average Bonchev–Trinajstić information content (AvgIpc) is 2.46. The van der Waals surface area contributed by atoms with Crippen LogP contribution < -0.4 is 10.9 Å². The van der Waals surface area contributed by atoms with Gasteiger partial charge in [-0.15, -0.1) is 0 Å². The molecule has 1 heterocycles.